The Kier molecular flexibility index (Phi) is 8.05. The van der Waals surface area contributed by atoms with E-state index in [9.17, 15) is 8.42 Å². The van der Waals surface area contributed by atoms with E-state index in [0.717, 1.165) is 21.5 Å². The van der Waals surface area contributed by atoms with Crippen LogP contribution in [0.1, 0.15) is 5.56 Å². The van der Waals surface area contributed by atoms with Crippen molar-refractivity contribution in [3.8, 4) is 0 Å². The van der Waals surface area contributed by atoms with E-state index >= 15 is 0 Å². The van der Waals surface area contributed by atoms with E-state index in [1.54, 1.807) is 23.1 Å². The SMILES string of the molecule is CN=C(NCCS(=O)(=O)N1CCSCC1)N(C)Cc1ccccc1Br. The molecule has 0 bridgehead atoms. The smallest absolute Gasteiger partial charge is 0.215 e. The van der Waals surface area contributed by atoms with E-state index < -0.39 is 10.0 Å². The molecule has 6 nitrogen and oxygen atoms in total. The molecule has 1 N–H and O–H groups in total. The van der Waals surface area contributed by atoms with Crippen LogP contribution in [0.3, 0.4) is 0 Å². The Hall–Kier alpha value is -0.770. The summed E-state index contributed by atoms with van der Waals surface area (Å²) in [5, 5.41) is 3.15. The number of nitrogens with zero attached hydrogens (tertiary/aromatic N) is 3. The van der Waals surface area contributed by atoms with Crippen molar-refractivity contribution >= 4 is 43.7 Å². The lowest BCUT2D eigenvalue weighted by molar-refractivity contribution is 0.442. The third-order valence-electron chi connectivity index (χ3n) is 3.95. The van der Waals surface area contributed by atoms with Gasteiger partial charge in [-0.3, -0.25) is 4.99 Å². The predicted molar refractivity (Wildman–Crippen MR) is 110 cm³/mol. The van der Waals surface area contributed by atoms with E-state index in [1.807, 2.05) is 36.2 Å². The number of benzene rings is 1. The summed E-state index contributed by atoms with van der Waals surface area (Å²) in [4.78, 5) is 6.23. The van der Waals surface area contributed by atoms with Gasteiger partial charge in [0.2, 0.25) is 10.0 Å². The van der Waals surface area contributed by atoms with Crippen LogP contribution in [-0.2, 0) is 16.6 Å². The average Bonchev–Trinajstić information content (AvgIpc) is 2.61. The van der Waals surface area contributed by atoms with Gasteiger partial charge in [-0.1, -0.05) is 34.1 Å². The average molecular weight is 449 g/mol. The molecule has 0 saturated carbocycles. The zero-order valence-corrected chi connectivity index (χ0v) is 17.8. The van der Waals surface area contributed by atoms with Gasteiger partial charge in [0.1, 0.15) is 0 Å². The fourth-order valence-corrected chi connectivity index (χ4v) is 5.49. The van der Waals surface area contributed by atoms with Gasteiger partial charge in [-0.25, -0.2) is 12.7 Å². The highest BCUT2D eigenvalue weighted by Crippen LogP contribution is 2.17. The lowest BCUT2D eigenvalue weighted by Gasteiger charge is -2.26. The predicted octanol–water partition coefficient (Wildman–Crippen LogP) is 1.83. The fraction of sp³-hybridized carbons (Fsp3) is 0.562. The quantitative estimate of drug-likeness (QED) is 0.531. The minimum Gasteiger partial charge on any atom is -0.355 e. The molecular formula is C16H25BrN4O2S2. The van der Waals surface area contributed by atoms with Crippen LogP contribution in [0.25, 0.3) is 0 Å². The normalized spacial score (nSPS) is 16.7. The summed E-state index contributed by atoms with van der Waals surface area (Å²) >= 11 is 5.35. The molecule has 0 unspecified atom stereocenters. The summed E-state index contributed by atoms with van der Waals surface area (Å²) in [7, 11) is 0.437. The van der Waals surface area contributed by atoms with Crippen LogP contribution in [0, 0.1) is 0 Å². The number of rotatable bonds is 6. The van der Waals surface area contributed by atoms with E-state index in [-0.39, 0.29) is 5.75 Å². The molecular weight excluding hydrogens is 424 g/mol. The minimum atomic E-state index is -3.20. The van der Waals surface area contributed by atoms with Gasteiger partial charge in [0, 0.05) is 56.3 Å². The van der Waals surface area contributed by atoms with Crippen LogP contribution in [0.15, 0.2) is 33.7 Å². The van der Waals surface area contributed by atoms with Gasteiger partial charge >= 0.3 is 0 Å². The molecule has 0 aromatic heterocycles. The Morgan fingerprint density at radius 1 is 1.36 bits per heavy atom. The lowest BCUT2D eigenvalue weighted by atomic mass is 10.2. The Morgan fingerprint density at radius 3 is 2.68 bits per heavy atom. The monoisotopic (exact) mass is 448 g/mol. The first-order valence-corrected chi connectivity index (χ1v) is 11.7. The van der Waals surface area contributed by atoms with Gasteiger partial charge < -0.3 is 10.2 Å². The summed E-state index contributed by atoms with van der Waals surface area (Å²) in [5.41, 5.74) is 1.14. The summed E-state index contributed by atoms with van der Waals surface area (Å²) in [6.45, 7) is 2.25. The highest BCUT2D eigenvalue weighted by atomic mass is 79.9. The maximum absolute atomic E-state index is 12.4. The molecule has 0 radical (unpaired) electrons. The Morgan fingerprint density at radius 2 is 2.04 bits per heavy atom. The highest BCUT2D eigenvalue weighted by molar-refractivity contribution is 9.10. The van der Waals surface area contributed by atoms with Gasteiger partial charge in [0.15, 0.2) is 5.96 Å². The molecule has 140 valence electrons. The minimum absolute atomic E-state index is 0.0829. The van der Waals surface area contributed by atoms with Crippen molar-refractivity contribution in [2.24, 2.45) is 4.99 Å². The number of hydrogen-bond donors (Lipinski definition) is 1. The highest BCUT2D eigenvalue weighted by Gasteiger charge is 2.23. The van der Waals surface area contributed by atoms with Gasteiger partial charge in [-0.05, 0) is 11.6 Å². The van der Waals surface area contributed by atoms with Crippen LogP contribution >= 0.6 is 27.7 Å². The second-order valence-corrected chi connectivity index (χ2v) is 9.92. The van der Waals surface area contributed by atoms with Crippen LogP contribution in [-0.4, -0.2) is 74.6 Å². The standard InChI is InChI=1S/C16H25BrN4O2S2/c1-18-16(20(2)13-14-5-3-4-6-15(14)17)19-7-12-25(22,23)21-8-10-24-11-9-21/h3-6H,7-13H2,1-2H3,(H,18,19). The van der Waals surface area contributed by atoms with E-state index in [4.69, 9.17) is 0 Å². The number of halogens is 1. The molecule has 0 aliphatic carbocycles. The van der Waals surface area contributed by atoms with E-state index in [2.05, 4.69) is 26.2 Å². The molecule has 1 aliphatic heterocycles. The topological polar surface area (TPSA) is 65.0 Å². The molecule has 0 spiro atoms. The molecule has 1 saturated heterocycles. The van der Waals surface area contributed by atoms with Crippen molar-refractivity contribution in [1.29, 1.82) is 0 Å². The third-order valence-corrected chi connectivity index (χ3v) is 7.53. The first kappa shape index (κ1) is 20.5. The molecule has 1 aliphatic rings. The number of hydrogen-bond acceptors (Lipinski definition) is 4. The largest absolute Gasteiger partial charge is 0.355 e. The van der Waals surface area contributed by atoms with Crippen molar-refractivity contribution in [2.75, 3.05) is 51.0 Å². The van der Waals surface area contributed by atoms with E-state index in [0.29, 0.717) is 32.1 Å². The number of aliphatic imine (C=N–C) groups is 1. The zero-order chi connectivity index (χ0) is 18.3. The summed E-state index contributed by atoms with van der Waals surface area (Å²) in [5.74, 6) is 2.52. The summed E-state index contributed by atoms with van der Waals surface area (Å²) < 4.78 is 27.4. The summed E-state index contributed by atoms with van der Waals surface area (Å²) in [6, 6.07) is 8.02. The molecule has 2 rings (SSSR count). The van der Waals surface area contributed by atoms with Gasteiger partial charge in [-0.15, -0.1) is 0 Å². The summed E-state index contributed by atoms with van der Waals surface area (Å²) in [6.07, 6.45) is 0. The molecule has 1 heterocycles. The molecule has 25 heavy (non-hydrogen) atoms. The van der Waals surface area contributed by atoms with Crippen LogP contribution in [0.5, 0.6) is 0 Å². The number of thioether (sulfide) groups is 1. The maximum atomic E-state index is 12.4. The third kappa shape index (κ3) is 6.16. The molecule has 0 atom stereocenters. The molecule has 1 aromatic carbocycles. The van der Waals surface area contributed by atoms with Crippen LogP contribution < -0.4 is 5.32 Å². The Balaban J connectivity index is 1.86. The first-order chi connectivity index (χ1) is 11.9. The van der Waals surface area contributed by atoms with Crippen molar-refractivity contribution in [3.63, 3.8) is 0 Å². The van der Waals surface area contributed by atoms with Crippen LogP contribution in [0.4, 0.5) is 0 Å². The maximum Gasteiger partial charge on any atom is 0.215 e. The van der Waals surface area contributed by atoms with Gasteiger partial charge in [0.25, 0.3) is 0 Å². The van der Waals surface area contributed by atoms with Gasteiger partial charge in [0.05, 0.1) is 5.75 Å². The fourth-order valence-electron chi connectivity index (χ4n) is 2.59. The molecule has 1 aromatic rings. The molecule has 9 heteroatoms. The number of guanidine groups is 1. The van der Waals surface area contributed by atoms with Gasteiger partial charge in [-0.2, -0.15) is 11.8 Å². The van der Waals surface area contributed by atoms with Crippen molar-refractivity contribution in [3.05, 3.63) is 34.3 Å². The lowest BCUT2D eigenvalue weighted by Crippen LogP contribution is -2.44. The second kappa shape index (κ2) is 9.80. The molecule has 0 amide bonds. The second-order valence-electron chi connectivity index (χ2n) is 5.75. The first-order valence-electron chi connectivity index (χ1n) is 8.15. The van der Waals surface area contributed by atoms with Crippen molar-refractivity contribution in [2.45, 2.75) is 6.54 Å². The Bertz CT molecular complexity index is 691. The number of sulfonamides is 1. The van der Waals surface area contributed by atoms with Crippen LogP contribution in [0.2, 0.25) is 0 Å². The number of nitrogens with one attached hydrogen (secondary N) is 1. The Labute approximate surface area is 163 Å². The zero-order valence-electron chi connectivity index (χ0n) is 14.6. The van der Waals surface area contributed by atoms with E-state index in [1.165, 1.54) is 0 Å². The van der Waals surface area contributed by atoms with Crippen molar-refractivity contribution < 1.29 is 8.42 Å². The molecule has 1 fully saturated rings. The van der Waals surface area contributed by atoms with Crippen molar-refractivity contribution in [1.82, 2.24) is 14.5 Å².